The molecule has 0 aromatic heterocycles. The van der Waals surface area contributed by atoms with Gasteiger partial charge in [-0.25, -0.2) is 0 Å². The average molecular weight is 313 g/mol. The molecule has 3 nitrogen and oxygen atoms in total. The first-order valence-corrected chi connectivity index (χ1v) is 7.30. The van der Waals surface area contributed by atoms with Crippen molar-refractivity contribution in [3.8, 4) is 11.1 Å². The Hall–Kier alpha value is -0.930. The molecular weight excluding hydrogens is 303 g/mol. The van der Waals surface area contributed by atoms with Gasteiger partial charge >= 0.3 is 7.60 Å². The van der Waals surface area contributed by atoms with E-state index < -0.39 is 7.60 Å². The van der Waals surface area contributed by atoms with Crippen molar-refractivity contribution in [2.24, 2.45) is 0 Å². The van der Waals surface area contributed by atoms with Crippen LogP contribution in [-0.4, -0.2) is 9.79 Å². The second-order valence-corrected chi connectivity index (χ2v) is 6.03. The van der Waals surface area contributed by atoms with E-state index in [1.807, 2.05) is 24.3 Å². The van der Waals surface area contributed by atoms with E-state index >= 15 is 0 Å². The fourth-order valence-electron chi connectivity index (χ4n) is 1.53. The minimum atomic E-state index is -4.15. The van der Waals surface area contributed by atoms with E-state index in [1.54, 1.807) is 12.1 Å². The molecule has 0 radical (unpaired) electrons. The van der Waals surface area contributed by atoms with Crippen LogP contribution in [0.25, 0.3) is 11.1 Å². The molecule has 88 valence electrons. The van der Waals surface area contributed by atoms with E-state index in [9.17, 15) is 4.57 Å². The lowest BCUT2D eigenvalue weighted by atomic mass is 10.1. The number of benzene rings is 2. The van der Waals surface area contributed by atoms with Crippen molar-refractivity contribution < 1.29 is 14.4 Å². The van der Waals surface area contributed by atoms with Gasteiger partial charge in [0.1, 0.15) is 0 Å². The highest BCUT2D eigenvalue weighted by Crippen LogP contribution is 2.34. The molecular formula is C12H10BrO3P. The maximum atomic E-state index is 11.0. The molecule has 0 fully saturated rings. The van der Waals surface area contributed by atoms with Gasteiger partial charge in [-0.3, -0.25) is 4.57 Å². The van der Waals surface area contributed by atoms with Crippen molar-refractivity contribution in [1.29, 1.82) is 0 Å². The van der Waals surface area contributed by atoms with Gasteiger partial charge in [0.05, 0.1) is 5.30 Å². The lowest BCUT2D eigenvalue weighted by Gasteiger charge is -2.07. The van der Waals surface area contributed by atoms with E-state index in [2.05, 4.69) is 15.9 Å². The zero-order chi connectivity index (χ0) is 12.5. The first-order chi connectivity index (χ1) is 7.98. The fourth-order valence-corrected chi connectivity index (χ4v) is 2.58. The SMILES string of the molecule is O=P(O)(O)c1ccc(-c2ccccc2Br)cc1. The largest absolute Gasteiger partial charge is 0.356 e. The highest BCUT2D eigenvalue weighted by Gasteiger charge is 2.16. The second kappa shape index (κ2) is 4.75. The van der Waals surface area contributed by atoms with E-state index in [0.29, 0.717) is 0 Å². The first kappa shape index (κ1) is 12.5. The third kappa shape index (κ3) is 2.85. The summed E-state index contributed by atoms with van der Waals surface area (Å²) >= 11 is 3.44. The fraction of sp³-hybridized carbons (Fsp3) is 0. The maximum absolute atomic E-state index is 11.0. The summed E-state index contributed by atoms with van der Waals surface area (Å²) in [6.45, 7) is 0. The van der Waals surface area contributed by atoms with Gasteiger partial charge in [-0.05, 0) is 29.3 Å². The van der Waals surface area contributed by atoms with Crippen LogP contribution in [0.15, 0.2) is 53.0 Å². The molecule has 0 aliphatic carbocycles. The normalized spacial score (nSPS) is 11.5. The third-order valence-corrected chi connectivity index (χ3v) is 4.05. The monoisotopic (exact) mass is 312 g/mol. The van der Waals surface area contributed by atoms with Crippen LogP contribution in [0.1, 0.15) is 0 Å². The molecule has 0 saturated carbocycles. The highest BCUT2D eigenvalue weighted by molar-refractivity contribution is 9.10. The molecule has 0 heterocycles. The summed E-state index contributed by atoms with van der Waals surface area (Å²) in [5.74, 6) is 0. The lowest BCUT2D eigenvalue weighted by Crippen LogP contribution is -2.02. The Bertz CT molecular complexity index is 575. The first-order valence-electron chi connectivity index (χ1n) is 4.89. The predicted octanol–water partition coefficient (Wildman–Crippen LogP) is 2.92. The van der Waals surface area contributed by atoms with Crippen LogP contribution in [0.4, 0.5) is 0 Å². The van der Waals surface area contributed by atoms with Crippen molar-refractivity contribution in [2.75, 3.05) is 0 Å². The van der Waals surface area contributed by atoms with Crippen LogP contribution >= 0.6 is 23.5 Å². The smallest absolute Gasteiger partial charge is 0.321 e. The number of halogens is 1. The molecule has 0 aliphatic heterocycles. The van der Waals surface area contributed by atoms with Gasteiger partial charge in [0.2, 0.25) is 0 Å². The van der Waals surface area contributed by atoms with E-state index in [-0.39, 0.29) is 5.30 Å². The molecule has 5 heteroatoms. The van der Waals surface area contributed by atoms with Gasteiger partial charge < -0.3 is 9.79 Å². The van der Waals surface area contributed by atoms with Crippen molar-refractivity contribution in [2.45, 2.75) is 0 Å². The average Bonchev–Trinajstić information content (AvgIpc) is 2.29. The van der Waals surface area contributed by atoms with Crippen LogP contribution < -0.4 is 5.30 Å². The van der Waals surface area contributed by atoms with Crippen molar-refractivity contribution in [3.05, 3.63) is 53.0 Å². The van der Waals surface area contributed by atoms with Crippen LogP contribution in [-0.2, 0) is 4.57 Å². The Morgan fingerprint density at radius 2 is 1.53 bits per heavy atom. The summed E-state index contributed by atoms with van der Waals surface area (Å²) in [6.07, 6.45) is 0. The van der Waals surface area contributed by atoms with Crippen LogP contribution in [0.3, 0.4) is 0 Å². The molecule has 0 unspecified atom stereocenters. The van der Waals surface area contributed by atoms with Crippen molar-refractivity contribution in [3.63, 3.8) is 0 Å². The Kier molecular flexibility index (Phi) is 3.50. The van der Waals surface area contributed by atoms with Crippen molar-refractivity contribution >= 4 is 28.8 Å². The highest BCUT2D eigenvalue weighted by atomic mass is 79.9. The molecule has 0 spiro atoms. The molecule has 2 aromatic rings. The second-order valence-electron chi connectivity index (χ2n) is 3.57. The number of rotatable bonds is 2. The van der Waals surface area contributed by atoms with Gasteiger partial charge in [-0.15, -0.1) is 0 Å². The summed E-state index contributed by atoms with van der Waals surface area (Å²) in [5.41, 5.74) is 1.90. The van der Waals surface area contributed by atoms with Crippen LogP contribution in [0.5, 0.6) is 0 Å². The molecule has 2 aromatic carbocycles. The number of hydrogen-bond acceptors (Lipinski definition) is 1. The molecule has 0 bridgehead atoms. The quantitative estimate of drug-likeness (QED) is 0.838. The van der Waals surface area contributed by atoms with Gasteiger partial charge in [0.25, 0.3) is 0 Å². The molecule has 0 amide bonds. The van der Waals surface area contributed by atoms with Gasteiger partial charge in [-0.1, -0.05) is 46.3 Å². The number of hydrogen-bond donors (Lipinski definition) is 2. The third-order valence-electron chi connectivity index (χ3n) is 2.39. The standard InChI is InChI=1S/C12H10BrO3P/c13-12-4-2-1-3-11(12)9-5-7-10(8-6-9)17(14,15)16/h1-8H,(H2,14,15,16). The summed E-state index contributed by atoms with van der Waals surface area (Å²) in [6, 6.07) is 14.0. The zero-order valence-corrected chi connectivity index (χ0v) is 11.2. The Labute approximate surface area is 107 Å². The van der Waals surface area contributed by atoms with Crippen molar-refractivity contribution in [1.82, 2.24) is 0 Å². The molecule has 0 atom stereocenters. The molecule has 0 aliphatic rings. The van der Waals surface area contributed by atoms with Crippen LogP contribution in [0.2, 0.25) is 0 Å². The molecule has 2 N–H and O–H groups in total. The summed E-state index contributed by atoms with van der Waals surface area (Å²) in [4.78, 5) is 18.0. The van der Waals surface area contributed by atoms with E-state index in [1.165, 1.54) is 12.1 Å². The zero-order valence-electron chi connectivity index (χ0n) is 8.75. The van der Waals surface area contributed by atoms with Gasteiger partial charge in [0.15, 0.2) is 0 Å². The van der Waals surface area contributed by atoms with Gasteiger partial charge in [0, 0.05) is 4.47 Å². The summed E-state index contributed by atoms with van der Waals surface area (Å²) in [5, 5.41) is 0.0355. The molecule has 0 saturated heterocycles. The Morgan fingerprint density at radius 1 is 0.941 bits per heavy atom. The summed E-state index contributed by atoms with van der Waals surface area (Å²) in [7, 11) is -4.15. The predicted molar refractivity (Wildman–Crippen MR) is 71.3 cm³/mol. The molecule has 17 heavy (non-hydrogen) atoms. The minimum absolute atomic E-state index is 0.0355. The van der Waals surface area contributed by atoms with E-state index in [4.69, 9.17) is 9.79 Å². The Balaban J connectivity index is 2.43. The summed E-state index contributed by atoms with van der Waals surface area (Å²) < 4.78 is 12.0. The molecule has 2 rings (SSSR count). The topological polar surface area (TPSA) is 57.5 Å². The van der Waals surface area contributed by atoms with E-state index in [0.717, 1.165) is 15.6 Å². The Morgan fingerprint density at radius 3 is 2.06 bits per heavy atom. The lowest BCUT2D eigenvalue weighted by molar-refractivity contribution is 0.387. The van der Waals surface area contributed by atoms with Gasteiger partial charge in [-0.2, -0.15) is 0 Å². The minimum Gasteiger partial charge on any atom is -0.321 e. The maximum Gasteiger partial charge on any atom is 0.356 e. The van der Waals surface area contributed by atoms with Crippen LogP contribution in [0, 0.1) is 0 Å².